The first-order valence-electron chi connectivity index (χ1n) is 4.74. The number of aryl methyl sites for hydroxylation is 1. The molecule has 82 valence electrons. The van der Waals surface area contributed by atoms with E-state index in [0.717, 1.165) is 17.9 Å². The van der Waals surface area contributed by atoms with Gasteiger partial charge in [-0.15, -0.1) is 0 Å². The number of ether oxygens (including phenoxy) is 1. The van der Waals surface area contributed by atoms with Gasteiger partial charge in [-0.1, -0.05) is 18.7 Å². The van der Waals surface area contributed by atoms with Gasteiger partial charge >= 0.3 is 5.97 Å². The number of aromatic nitrogens is 2. The SMILES string of the molecule is CCCSc1nc(C)cc(C(=O)OC)n1. The van der Waals surface area contributed by atoms with E-state index in [1.165, 1.54) is 7.11 Å². The summed E-state index contributed by atoms with van der Waals surface area (Å²) in [4.78, 5) is 19.6. The summed E-state index contributed by atoms with van der Waals surface area (Å²) in [6.07, 6.45) is 1.05. The van der Waals surface area contributed by atoms with Crippen LogP contribution in [0.1, 0.15) is 29.5 Å². The van der Waals surface area contributed by atoms with Crippen LogP contribution >= 0.6 is 11.8 Å². The van der Waals surface area contributed by atoms with Crippen LogP contribution in [-0.4, -0.2) is 28.8 Å². The highest BCUT2D eigenvalue weighted by Crippen LogP contribution is 2.15. The average molecular weight is 226 g/mol. The van der Waals surface area contributed by atoms with Gasteiger partial charge in [0.05, 0.1) is 7.11 Å². The highest BCUT2D eigenvalue weighted by molar-refractivity contribution is 7.99. The van der Waals surface area contributed by atoms with Gasteiger partial charge in [-0.3, -0.25) is 0 Å². The Morgan fingerprint density at radius 3 is 2.87 bits per heavy atom. The number of hydrogen-bond acceptors (Lipinski definition) is 5. The van der Waals surface area contributed by atoms with E-state index in [-0.39, 0.29) is 0 Å². The van der Waals surface area contributed by atoms with Gasteiger partial charge in [0, 0.05) is 11.4 Å². The number of methoxy groups -OCH3 is 1. The zero-order chi connectivity index (χ0) is 11.3. The standard InChI is InChI=1S/C10H14N2O2S/c1-4-5-15-10-11-7(2)6-8(12-10)9(13)14-3/h6H,4-5H2,1-3H3. The molecule has 0 radical (unpaired) electrons. The van der Waals surface area contributed by atoms with Crippen molar-refractivity contribution in [1.29, 1.82) is 0 Å². The molecule has 0 spiro atoms. The molecule has 1 rings (SSSR count). The average Bonchev–Trinajstić information content (AvgIpc) is 2.24. The second-order valence-corrected chi connectivity index (χ2v) is 4.08. The third-order valence-corrected chi connectivity index (χ3v) is 2.72. The van der Waals surface area contributed by atoms with Crippen LogP contribution in [0.3, 0.4) is 0 Å². The van der Waals surface area contributed by atoms with Gasteiger partial charge in [-0.05, 0) is 19.4 Å². The molecular weight excluding hydrogens is 212 g/mol. The Labute approximate surface area is 93.5 Å². The van der Waals surface area contributed by atoms with Crippen molar-refractivity contribution < 1.29 is 9.53 Å². The molecule has 5 heteroatoms. The predicted molar refractivity (Wildman–Crippen MR) is 59.1 cm³/mol. The fourth-order valence-corrected chi connectivity index (χ4v) is 1.77. The monoisotopic (exact) mass is 226 g/mol. The molecule has 0 aliphatic heterocycles. The molecule has 0 fully saturated rings. The molecule has 0 aromatic carbocycles. The summed E-state index contributed by atoms with van der Waals surface area (Å²) in [6.45, 7) is 3.92. The number of carbonyl (C=O) groups excluding carboxylic acids is 1. The Morgan fingerprint density at radius 2 is 2.27 bits per heavy atom. The van der Waals surface area contributed by atoms with Crippen molar-refractivity contribution in [3.05, 3.63) is 17.5 Å². The van der Waals surface area contributed by atoms with Gasteiger partial charge in [0.15, 0.2) is 10.9 Å². The lowest BCUT2D eigenvalue weighted by atomic mass is 10.3. The molecule has 0 saturated heterocycles. The van der Waals surface area contributed by atoms with Crippen molar-refractivity contribution in [3.8, 4) is 0 Å². The van der Waals surface area contributed by atoms with Gasteiger partial charge in [0.25, 0.3) is 0 Å². The van der Waals surface area contributed by atoms with Crippen LogP contribution < -0.4 is 0 Å². The summed E-state index contributed by atoms with van der Waals surface area (Å²) in [5.41, 5.74) is 1.10. The summed E-state index contributed by atoms with van der Waals surface area (Å²) in [5, 5.41) is 0.636. The van der Waals surface area contributed by atoms with Crippen LogP contribution in [-0.2, 0) is 4.74 Å². The van der Waals surface area contributed by atoms with Gasteiger partial charge in [0.2, 0.25) is 0 Å². The number of nitrogens with zero attached hydrogens (tertiary/aromatic N) is 2. The maximum Gasteiger partial charge on any atom is 0.356 e. The summed E-state index contributed by atoms with van der Waals surface area (Å²) < 4.78 is 4.61. The molecule has 0 saturated carbocycles. The molecule has 1 aromatic heterocycles. The Bertz CT molecular complexity index is 355. The lowest BCUT2D eigenvalue weighted by molar-refractivity contribution is 0.0592. The minimum atomic E-state index is -0.418. The van der Waals surface area contributed by atoms with Crippen LogP contribution in [0.15, 0.2) is 11.2 Å². The summed E-state index contributed by atoms with van der Waals surface area (Å²) >= 11 is 1.55. The molecule has 15 heavy (non-hydrogen) atoms. The van der Waals surface area contributed by atoms with E-state index in [2.05, 4.69) is 21.6 Å². The molecule has 4 nitrogen and oxygen atoms in total. The minimum absolute atomic E-state index is 0.323. The lowest BCUT2D eigenvalue weighted by Crippen LogP contribution is -2.06. The number of carbonyl (C=O) groups is 1. The number of esters is 1. The van der Waals surface area contributed by atoms with Crippen LogP contribution in [0.4, 0.5) is 0 Å². The Kier molecular flexibility index (Phi) is 4.55. The second kappa shape index (κ2) is 5.70. The van der Waals surface area contributed by atoms with Gasteiger partial charge < -0.3 is 4.74 Å². The molecule has 1 heterocycles. The molecule has 0 bridgehead atoms. The zero-order valence-corrected chi connectivity index (χ0v) is 9.93. The van der Waals surface area contributed by atoms with Crippen molar-refractivity contribution in [2.24, 2.45) is 0 Å². The first kappa shape index (κ1) is 12.0. The highest BCUT2D eigenvalue weighted by atomic mass is 32.2. The van der Waals surface area contributed by atoms with Gasteiger partial charge in [-0.2, -0.15) is 0 Å². The molecule has 0 unspecified atom stereocenters. The smallest absolute Gasteiger partial charge is 0.356 e. The van der Waals surface area contributed by atoms with E-state index in [4.69, 9.17) is 0 Å². The number of rotatable bonds is 4. The van der Waals surface area contributed by atoms with E-state index in [1.807, 2.05) is 6.92 Å². The molecule has 0 aliphatic carbocycles. The van der Waals surface area contributed by atoms with Crippen molar-refractivity contribution in [2.45, 2.75) is 25.4 Å². The van der Waals surface area contributed by atoms with E-state index in [9.17, 15) is 4.79 Å². The minimum Gasteiger partial charge on any atom is -0.464 e. The molecular formula is C10H14N2O2S. The normalized spacial score (nSPS) is 10.1. The van der Waals surface area contributed by atoms with Crippen LogP contribution in [0.5, 0.6) is 0 Å². The predicted octanol–water partition coefficient (Wildman–Crippen LogP) is 2.07. The molecule has 0 amide bonds. The van der Waals surface area contributed by atoms with Crippen LogP contribution in [0, 0.1) is 6.92 Å². The molecule has 0 aliphatic rings. The van der Waals surface area contributed by atoms with Crippen molar-refractivity contribution in [3.63, 3.8) is 0 Å². The lowest BCUT2D eigenvalue weighted by Gasteiger charge is -2.03. The Balaban J connectivity index is 2.89. The van der Waals surface area contributed by atoms with Gasteiger partial charge in [-0.25, -0.2) is 14.8 Å². The van der Waals surface area contributed by atoms with Crippen molar-refractivity contribution >= 4 is 17.7 Å². The summed E-state index contributed by atoms with van der Waals surface area (Å²) in [5.74, 6) is 0.531. The first-order chi connectivity index (χ1) is 7.17. The Morgan fingerprint density at radius 1 is 1.53 bits per heavy atom. The van der Waals surface area contributed by atoms with E-state index in [1.54, 1.807) is 17.8 Å². The third kappa shape index (κ3) is 3.51. The fourth-order valence-electron chi connectivity index (χ4n) is 1.01. The summed E-state index contributed by atoms with van der Waals surface area (Å²) in [7, 11) is 1.35. The zero-order valence-electron chi connectivity index (χ0n) is 9.11. The fraction of sp³-hybridized carbons (Fsp3) is 0.500. The maximum atomic E-state index is 11.3. The second-order valence-electron chi connectivity index (χ2n) is 3.02. The third-order valence-electron chi connectivity index (χ3n) is 1.66. The molecule has 1 aromatic rings. The van der Waals surface area contributed by atoms with Crippen LogP contribution in [0.25, 0.3) is 0 Å². The number of hydrogen-bond donors (Lipinski definition) is 0. The van der Waals surface area contributed by atoms with E-state index in [0.29, 0.717) is 10.9 Å². The molecule has 0 N–H and O–H groups in total. The van der Waals surface area contributed by atoms with Crippen LogP contribution in [0.2, 0.25) is 0 Å². The number of thioether (sulfide) groups is 1. The quantitative estimate of drug-likeness (QED) is 0.447. The van der Waals surface area contributed by atoms with E-state index >= 15 is 0 Å². The topological polar surface area (TPSA) is 52.1 Å². The largest absolute Gasteiger partial charge is 0.464 e. The van der Waals surface area contributed by atoms with Crippen molar-refractivity contribution in [2.75, 3.05) is 12.9 Å². The maximum absolute atomic E-state index is 11.3. The first-order valence-corrected chi connectivity index (χ1v) is 5.72. The highest BCUT2D eigenvalue weighted by Gasteiger charge is 2.10. The van der Waals surface area contributed by atoms with E-state index < -0.39 is 5.97 Å². The van der Waals surface area contributed by atoms with Crippen molar-refractivity contribution in [1.82, 2.24) is 9.97 Å². The summed E-state index contributed by atoms with van der Waals surface area (Å²) in [6, 6.07) is 1.63. The molecule has 0 atom stereocenters. The van der Waals surface area contributed by atoms with Gasteiger partial charge in [0.1, 0.15) is 0 Å². The Hall–Kier alpha value is -1.10.